The zero-order valence-corrected chi connectivity index (χ0v) is 21.7. The van der Waals surface area contributed by atoms with Crippen LogP contribution in [0.15, 0.2) is 6.07 Å². The summed E-state index contributed by atoms with van der Waals surface area (Å²) in [5.41, 5.74) is -0.701. The fourth-order valence-electron chi connectivity index (χ4n) is 5.04. The van der Waals surface area contributed by atoms with Crippen LogP contribution in [0.4, 0.5) is 10.6 Å². The standard InChI is InChI=1S/C25H41N5O4/c1-16-27-20(25(5,6)29-23(32)34-24(2,3)4)15-21(28-16)30-18-11-9-8-10-17(18)14-19(30)22(31)26-12-13-33-7/h15,17-19H,8-14H2,1-7H3,(H,26,31)(H,29,32)/t17-,18-,19-/m0/s1. The summed E-state index contributed by atoms with van der Waals surface area (Å²) in [6.45, 7) is 12.1. The first-order chi connectivity index (χ1) is 15.9. The Labute approximate surface area is 203 Å². The molecule has 0 radical (unpaired) electrons. The summed E-state index contributed by atoms with van der Waals surface area (Å²) >= 11 is 0. The van der Waals surface area contributed by atoms with Gasteiger partial charge in [0.1, 0.15) is 23.3 Å². The summed E-state index contributed by atoms with van der Waals surface area (Å²) in [6, 6.07) is 1.90. The monoisotopic (exact) mass is 475 g/mol. The third-order valence-corrected chi connectivity index (χ3v) is 6.54. The second kappa shape index (κ2) is 10.5. The summed E-state index contributed by atoms with van der Waals surface area (Å²) in [5.74, 6) is 1.82. The highest BCUT2D eigenvalue weighted by Crippen LogP contribution is 2.42. The number of aromatic nitrogens is 2. The van der Waals surface area contributed by atoms with Gasteiger partial charge in [-0.1, -0.05) is 12.8 Å². The maximum Gasteiger partial charge on any atom is 0.408 e. The van der Waals surface area contributed by atoms with Gasteiger partial charge in [0.25, 0.3) is 0 Å². The van der Waals surface area contributed by atoms with Gasteiger partial charge in [-0.2, -0.15) is 0 Å². The molecule has 190 valence electrons. The molecule has 0 spiro atoms. The number of nitrogens with one attached hydrogen (secondary N) is 2. The smallest absolute Gasteiger partial charge is 0.408 e. The number of methoxy groups -OCH3 is 1. The molecule has 1 aliphatic heterocycles. The van der Waals surface area contributed by atoms with E-state index in [9.17, 15) is 9.59 Å². The van der Waals surface area contributed by atoms with Gasteiger partial charge in [-0.25, -0.2) is 14.8 Å². The van der Waals surface area contributed by atoms with E-state index in [0.29, 0.717) is 30.6 Å². The van der Waals surface area contributed by atoms with Gasteiger partial charge < -0.3 is 25.0 Å². The van der Waals surface area contributed by atoms with Gasteiger partial charge in [0.15, 0.2) is 0 Å². The lowest BCUT2D eigenvalue weighted by Gasteiger charge is -2.35. The minimum absolute atomic E-state index is 0.00963. The highest BCUT2D eigenvalue weighted by atomic mass is 16.6. The van der Waals surface area contributed by atoms with E-state index in [2.05, 4.69) is 20.5 Å². The highest BCUT2D eigenvalue weighted by Gasteiger charge is 2.46. The Kier molecular flexibility index (Phi) is 8.06. The molecule has 9 heteroatoms. The van der Waals surface area contributed by atoms with Crippen molar-refractivity contribution < 1.29 is 19.1 Å². The van der Waals surface area contributed by atoms with Crippen LogP contribution in [0, 0.1) is 12.8 Å². The van der Waals surface area contributed by atoms with Crippen LogP contribution in [0.1, 0.15) is 78.2 Å². The van der Waals surface area contributed by atoms with Crippen molar-refractivity contribution in [3.63, 3.8) is 0 Å². The molecule has 1 saturated carbocycles. The average molecular weight is 476 g/mol. The fraction of sp³-hybridized carbons (Fsp3) is 0.760. The Bertz CT molecular complexity index is 883. The van der Waals surface area contributed by atoms with Crippen LogP contribution in [0.5, 0.6) is 0 Å². The van der Waals surface area contributed by atoms with Crippen LogP contribution in [-0.2, 0) is 19.8 Å². The molecule has 1 aliphatic carbocycles. The highest BCUT2D eigenvalue weighted by molar-refractivity contribution is 5.86. The Morgan fingerprint density at radius 1 is 1.15 bits per heavy atom. The Morgan fingerprint density at radius 3 is 2.53 bits per heavy atom. The van der Waals surface area contributed by atoms with Crippen molar-refractivity contribution in [2.75, 3.05) is 25.2 Å². The number of anilines is 1. The molecular formula is C25H41N5O4. The van der Waals surface area contributed by atoms with E-state index < -0.39 is 17.2 Å². The number of aryl methyl sites for hydroxylation is 1. The van der Waals surface area contributed by atoms with Crippen molar-refractivity contribution in [1.82, 2.24) is 20.6 Å². The molecule has 1 aromatic rings. The van der Waals surface area contributed by atoms with E-state index in [1.807, 2.05) is 47.6 Å². The number of amides is 2. The van der Waals surface area contributed by atoms with E-state index >= 15 is 0 Å². The van der Waals surface area contributed by atoms with Crippen LogP contribution < -0.4 is 15.5 Å². The summed E-state index contributed by atoms with van der Waals surface area (Å²) in [5, 5.41) is 5.96. The maximum absolute atomic E-state index is 13.2. The topological polar surface area (TPSA) is 106 Å². The van der Waals surface area contributed by atoms with Crippen molar-refractivity contribution in [2.24, 2.45) is 5.92 Å². The number of alkyl carbamates (subject to hydrolysis) is 1. The number of hydrogen-bond acceptors (Lipinski definition) is 7. The van der Waals surface area contributed by atoms with Crippen LogP contribution in [0.25, 0.3) is 0 Å². The summed E-state index contributed by atoms with van der Waals surface area (Å²) in [4.78, 5) is 37.2. The molecule has 2 aliphatic rings. The number of hydrogen-bond donors (Lipinski definition) is 2. The molecule has 0 aromatic carbocycles. The van der Waals surface area contributed by atoms with E-state index in [0.717, 1.165) is 31.5 Å². The number of carbonyl (C=O) groups is 2. The zero-order valence-electron chi connectivity index (χ0n) is 21.7. The van der Waals surface area contributed by atoms with Gasteiger partial charge in [0.2, 0.25) is 5.91 Å². The number of carbonyl (C=O) groups excluding carboxylic acids is 2. The van der Waals surface area contributed by atoms with E-state index in [-0.39, 0.29) is 18.0 Å². The Balaban J connectivity index is 1.90. The average Bonchev–Trinajstić information content (AvgIpc) is 3.11. The number of nitrogens with zero attached hydrogens (tertiary/aromatic N) is 3. The molecule has 1 aromatic heterocycles. The van der Waals surface area contributed by atoms with Crippen molar-refractivity contribution >= 4 is 17.8 Å². The van der Waals surface area contributed by atoms with E-state index in [1.165, 1.54) is 6.42 Å². The predicted molar refractivity (Wildman–Crippen MR) is 131 cm³/mol. The van der Waals surface area contributed by atoms with Crippen molar-refractivity contribution in [2.45, 2.75) is 96.9 Å². The minimum atomic E-state index is -0.785. The fourth-order valence-corrected chi connectivity index (χ4v) is 5.04. The Morgan fingerprint density at radius 2 is 1.85 bits per heavy atom. The molecule has 34 heavy (non-hydrogen) atoms. The van der Waals surface area contributed by atoms with Crippen molar-refractivity contribution in [1.29, 1.82) is 0 Å². The first-order valence-corrected chi connectivity index (χ1v) is 12.3. The van der Waals surface area contributed by atoms with Crippen molar-refractivity contribution in [3.05, 3.63) is 17.6 Å². The van der Waals surface area contributed by atoms with Crippen LogP contribution >= 0.6 is 0 Å². The SMILES string of the molecule is COCCNC(=O)[C@@H]1C[C@@H]2CCCC[C@@H]2N1c1cc(C(C)(C)NC(=O)OC(C)(C)C)nc(C)n1. The summed E-state index contributed by atoms with van der Waals surface area (Å²) in [7, 11) is 1.63. The largest absolute Gasteiger partial charge is 0.444 e. The predicted octanol–water partition coefficient (Wildman–Crippen LogP) is 3.44. The summed E-state index contributed by atoms with van der Waals surface area (Å²) < 4.78 is 10.6. The zero-order chi connectivity index (χ0) is 25.1. The van der Waals surface area contributed by atoms with Gasteiger partial charge in [-0.3, -0.25) is 4.79 Å². The first-order valence-electron chi connectivity index (χ1n) is 12.3. The number of fused-ring (bicyclic) bond motifs is 1. The molecular weight excluding hydrogens is 434 g/mol. The number of ether oxygens (including phenoxy) is 2. The van der Waals surface area contributed by atoms with Crippen LogP contribution in [0.3, 0.4) is 0 Å². The van der Waals surface area contributed by atoms with Gasteiger partial charge in [0.05, 0.1) is 17.8 Å². The molecule has 9 nitrogen and oxygen atoms in total. The van der Waals surface area contributed by atoms with Gasteiger partial charge in [0, 0.05) is 25.8 Å². The Hall–Kier alpha value is -2.42. The molecule has 2 N–H and O–H groups in total. The van der Waals surface area contributed by atoms with Crippen molar-refractivity contribution in [3.8, 4) is 0 Å². The minimum Gasteiger partial charge on any atom is -0.444 e. The quantitative estimate of drug-likeness (QED) is 0.582. The molecule has 1 saturated heterocycles. The molecule has 0 bridgehead atoms. The summed E-state index contributed by atoms with van der Waals surface area (Å²) in [6.07, 6.45) is 4.85. The molecule has 0 unspecified atom stereocenters. The molecule has 2 amide bonds. The third kappa shape index (κ3) is 6.37. The molecule has 3 rings (SSSR count). The second-order valence-corrected chi connectivity index (χ2v) is 11.0. The molecule has 2 fully saturated rings. The van der Waals surface area contributed by atoms with Gasteiger partial charge in [-0.15, -0.1) is 0 Å². The van der Waals surface area contributed by atoms with Crippen LogP contribution in [-0.4, -0.2) is 59.9 Å². The second-order valence-electron chi connectivity index (χ2n) is 11.0. The normalized spacial score (nSPS) is 22.8. The van der Waals surface area contributed by atoms with Gasteiger partial charge in [-0.05, 0) is 66.7 Å². The lowest BCUT2D eigenvalue weighted by molar-refractivity contribution is -0.122. The van der Waals surface area contributed by atoms with Gasteiger partial charge >= 0.3 is 6.09 Å². The van der Waals surface area contributed by atoms with E-state index in [4.69, 9.17) is 14.5 Å². The maximum atomic E-state index is 13.2. The van der Waals surface area contributed by atoms with Crippen LogP contribution in [0.2, 0.25) is 0 Å². The number of rotatable bonds is 7. The first kappa shape index (κ1) is 26.2. The van der Waals surface area contributed by atoms with E-state index in [1.54, 1.807) is 7.11 Å². The lowest BCUT2D eigenvalue weighted by Crippen LogP contribution is -2.48. The third-order valence-electron chi connectivity index (χ3n) is 6.54. The lowest BCUT2D eigenvalue weighted by atomic mass is 9.84. The molecule has 2 heterocycles. The molecule has 3 atom stereocenters.